The fraction of sp³-hybridized carbons (Fsp3) is 0.258. The topological polar surface area (TPSA) is 36.3 Å². The Hall–Kier alpha value is -3.79. The third-order valence-electron chi connectivity index (χ3n) is 6.71. The van der Waals surface area contributed by atoms with E-state index in [-0.39, 0.29) is 5.92 Å². The van der Waals surface area contributed by atoms with Crippen molar-refractivity contribution in [1.82, 2.24) is 9.55 Å². The summed E-state index contributed by atoms with van der Waals surface area (Å²) in [5, 5.41) is 2.40. The molecular weight excluding hydrogens is 432 g/mol. The summed E-state index contributed by atoms with van der Waals surface area (Å²) in [6.45, 7) is 5.98. The van der Waals surface area contributed by atoms with E-state index in [2.05, 4.69) is 85.1 Å². The Morgan fingerprint density at radius 3 is 2.40 bits per heavy atom. The van der Waals surface area contributed by atoms with Gasteiger partial charge in [0.25, 0.3) is 0 Å². The van der Waals surface area contributed by atoms with Crippen molar-refractivity contribution in [2.24, 2.45) is 0 Å². The second-order valence-electron chi connectivity index (χ2n) is 9.17. The van der Waals surface area contributed by atoms with Crippen molar-refractivity contribution in [3.8, 4) is 11.5 Å². The van der Waals surface area contributed by atoms with Crippen molar-refractivity contribution in [2.75, 3.05) is 13.7 Å². The molecule has 0 aliphatic carbocycles. The zero-order valence-electron chi connectivity index (χ0n) is 20.7. The van der Waals surface area contributed by atoms with Crippen LogP contribution in [-0.2, 0) is 6.54 Å². The number of hydrogen-bond acceptors (Lipinski definition) is 3. The predicted molar refractivity (Wildman–Crippen MR) is 144 cm³/mol. The molecule has 35 heavy (non-hydrogen) atoms. The Labute approximate surface area is 207 Å². The summed E-state index contributed by atoms with van der Waals surface area (Å²) in [6.07, 6.45) is 2.02. The molecule has 0 aliphatic rings. The molecule has 4 heteroatoms. The van der Waals surface area contributed by atoms with Crippen LogP contribution in [0.15, 0.2) is 84.9 Å². The van der Waals surface area contributed by atoms with Crippen molar-refractivity contribution in [1.29, 1.82) is 0 Å². The van der Waals surface area contributed by atoms with Gasteiger partial charge in [-0.1, -0.05) is 61.0 Å². The highest BCUT2D eigenvalue weighted by Gasteiger charge is 2.18. The number of hydrogen-bond donors (Lipinski definition) is 0. The van der Waals surface area contributed by atoms with E-state index in [1.165, 1.54) is 27.4 Å². The number of aromatic nitrogens is 2. The van der Waals surface area contributed by atoms with E-state index >= 15 is 0 Å². The van der Waals surface area contributed by atoms with Crippen LogP contribution in [0.5, 0.6) is 11.5 Å². The Balaban J connectivity index is 1.34. The van der Waals surface area contributed by atoms with E-state index in [1.807, 2.05) is 18.2 Å². The van der Waals surface area contributed by atoms with Crippen LogP contribution in [0.4, 0.5) is 0 Å². The molecule has 178 valence electrons. The van der Waals surface area contributed by atoms with Gasteiger partial charge < -0.3 is 14.0 Å². The van der Waals surface area contributed by atoms with Crippen LogP contribution in [-0.4, -0.2) is 23.3 Å². The molecule has 4 nitrogen and oxygen atoms in total. The highest BCUT2D eigenvalue weighted by atomic mass is 16.5. The van der Waals surface area contributed by atoms with Crippen molar-refractivity contribution in [3.05, 3.63) is 102 Å². The molecule has 0 radical (unpaired) electrons. The molecule has 4 aromatic carbocycles. The minimum atomic E-state index is 0.178. The predicted octanol–water partition coefficient (Wildman–Crippen LogP) is 7.52. The first kappa shape index (κ1) is 23.0. The molecule has 0 amide bonds. The summed E-state index contributed by atoms with van der Waals surface area (Å²) >= 11 is 0. The number of para-hydroxylation sites is 2. The third-order valence-corrected chi connectivity index (χ3v) is 6.71. The Bertz CT molecular complexity index is 1440. The third kappa shape index (κ3) is 5.02. The lowest BCUT2D eigenvalue weighted by Crippen LogP contribution is -2.09. The molecule has 1 unspecified atom stereocenters. The van der Waals surface area contributed by atoms with E-state index < -0.39 is 0 Å². The molecule has 5 aromatic rings. The number of fused-ring (bicyclic) bond motifs is 2. The molecule has 0 saturated heterocycles. The number of methoxy groups -OCH3 is 1. The lowest BCUT2D eigenvalue weighted by molar-refractivity contribution is 0.303. The zero-order valence-corrected chi connectivity index (χ0v) is 20.7. The van der Waals surface area contributed by atoms with Gasteiger partial charge in [0.2, 0.25) is 0 Å². The average molecular weight is 465 g/mol. The summed E-state index contributed by atoms with van der Waals surface area (Å²) in [5.74, 6) is 3.11. The van der Waals surface area contributed by atoms with Gasteiger partial charge in [0.15, 0.2) is 0 Å². The summed E-state index contributed by atoms with van der Waals surface area (Å²) < 4.78 is 13.7. The minimum Gasteiger partial charge on any atom is -0.497 e. The van der Waals surface area contributed by atoms with Gasteiger partial charge in [-0.2, -0.15) is 0 Å². The number of rotatable bonds is 9. The van der Waals surface area contributed by atoms with Gasteiger partial charge in [0.1, 0.15) is 17.3 Å². The number of ether oxygens (including phenoxy) is 2. The number of benzene rings is 4. The second kappa shape index (κ2) is 10.2. The first-order valence-corrected chi connectivity index (χ1v) is 12.3. The molecule has 0 spiro atoms. The summed E-state index contributed by atoms with van der Waals surface area (Å²) in [7, 11) is 1.71. The molecule has 5 rings (SSSR count). The van der Waals surface area contributed by atoms with Crippen LogP contribution >= 0.6 is 0 Å². The highest BCUT2D eigenvalue weighted by Crippen LogP contribution is 2.31. The molecule has 0 N–H and O–H groups in total. The second-order valence-corrected chi connectivity index (χ2v) is 9.17. The first-order valence-electron chi connectivity index (χ1n) is 12.3. The lowest BCUT2D eigenvalue weighted by Gasteiger charge is -2.16. The molecular formula is C31H32N2O2. The number of nitrogens with zero attached hydrogens (tertiary/aromatic N) is 2. The molecule has 1 aromatic heterocycles. The van der Waals surface area contributed by atoms with Gasteiger partial charge in [-0.15, -0.1) is 0 Å². The van der Waals surface area contributed by atoms with Gasteiger partial charge in [0.05, 0.1) is 24.8 Å². The molecule has 0 bridgehead atoms. The smallest absolute Gasteiger partial charge is 0.119 e. The summed E-state index contributed by atoms with van der Waals surface area (Å²) in [4.78, 5) is 5.06. The normalized spacial score (nSPS) is 12.2. The largest absolute Gasteiger partial charge is 0.497 e. The van der Waals surface area contributed by atoms with E-state index in [0.29, 0.717) is 6.61 Å². The maximum atomic E-state index is 5.94. The first-order chi connectivity index (χ1) is 17.1. The molecule has 0 aliphatic heterocycles. The van der Waals surface area contributed by atoms with E-state index in [1.54, 1.807) is 7.11 Å². The number of unbranched alkanes of at least 4 members (excludes halogenated alkanes) is 1. The lowest BCUT2D eigenvalue weighted by atomic mass is 9.97. The minimum absolute atomic E-state index is 0.178. The van der Waals surface area contributed by atoms with Crippen LogP contribution in [0.25, 0.3) is 21.8 Å². The average Bonchev–Trinajstić information content (AvgIpc) is 3.27. The fourth-order valence-corrected chi connectivity index (χ4v) is 4.64. The maximum absolute atomic E-state index is 5.94. The van der Waals surface area contributed by atoms with E-state index in [4.69, 9.17) is 14.5 Å². The van der Waals surface area contributed by atoms with Crippen LogP contribution in [0.2, 0.25) is 0 Å². The van der Waals surface area contributed by atoms with Crippen LogP contribution in [0.3, 0.4) is 0 Å². The van der Waals surface area contributed by atoms with Crippen LogP contribution in [0.1, 0.15) is 42.6 Å². The Morgan fingerprint density at radius 1 is 0.829 bits per heavy atom. The van der Waals surface area contributed by atoms with Crippen molar-refractivity contribution in [3.63, 3.8) is 0 Å². The van der Waals surface area contributed by atoms with E-state index in [0.717, 1.165) is 42.2 Å². The zero-order chi connectivity index (χ0) is 24.2. The number of imidazole rings is 1. The highest BCUT2D eigenvalue weighted by molar-refractivity contribution is 5.85. The Kier molecular flexibility index (Phi) is 6.71. The standard InChI is InChI=1S/C31H32N2O2/c1-22-10-15-27(16-11-22)35-19-7-6-18-33-30-9-5-4-8-29(30)32-31(33)23(2)24-12-13-26-21-28(34-3)17-14-25(26)20-24/h4-5,8-17,20-21,23H,6-7,18-19H2,1-3H3. The van der Waals surface area contributed by atoms with Gasteiger partial charge in [-0.05, 0) is 72.5 Å². The van der Waals surface area contributed by atoms with E-state index in [9.17, 15) is 0 Å². The van der Waals surface area contributed by atoms with Gasteiger partial charge in [-0.25, -0.2) is 4.98 Å². The van der Waals surface area contributed by atoms with Gasteiger partial charge in [-0.3, -0.25) is 0 Å². The fourth-order valence-electron chi connectivity index (χ4n) is 4.64. The van der Waals surface area contributed by atoms with Crippen LogP contribution < -0.4 is 9.47 Å². The van der Waals surface area contributed by atoms with Gasteiger partial charge >= 0.3 is 0 Å². The van der Waals surface area contributed by atoms with Crippen molar-refractivity contribution in [2.45, 2.75) is 39.2 Å². The molecule has 0 fully saturated rings. The molecule has 1 atom stereocenters. The Morgan fingerprint density at radius 2 is 1.57 bits per heavy atom. The monoisotopic (exact) mass is 464 g/mol. The summed E-state index contributed by atoms with van der Waals surface area (Å²) in [6, 6.07) is 29.6. The van der Waals surface area contributed by atoms with Crippen LogP contribution in [0, 0.1) is 6.92 Å². The summed E-state index contributed by atoms with van der Waals surface area (Å²) in [5.41, 5.74) is 4.76. The quantitative estimate of drug-likeness (QED) is 0.212. The number of aryl methyl sites for hydroxylation is 2. The van der Waals surface area contributed by atoms with Crippen molar-refractivity contribution >= 4 is 21.8 Å². The molecule has 1 heterocycles. The maximum Gasteiger partial charge on any atom is 0.119 e. The SMILES string of the molecule is COc1ccc2cc(C(C)c3nc4ccccc4n3CCCCOc3ccc(C)cc3)ccc2c1. The van der Waals surface area contributed by atoms with Crippen molar-refractivity contribution < 1.29 is 9.47 Å². The van der Waals surface area contributed by atoms with Gasteiger partial charge in [0, 0.05) is 12.5 Å². The molecule has 0 saturated carbocycles.